The second kappa shape index (κ2) is 8.20. The number of amides is 1. The lowest BCUT2D eigenvalue weighted by Gasteiger charge is -2.08. The first kappa shape index (κ1) is 19.8. The lowest BCUT2D eigenvalue weighted by Crippen LogP contribution is -2.11. The molecule has 3 aromatic heterocycles. The summed E-state index contributed by atoms with van der Waals surface area (Å²) in [5.74, 6) is 1.49. The van der Waals surface area contributed by atoms with E-state index in [9.17, 15) is 4.79 Å². The van der Waals surface area contributed by atoms with Crippen LogP contribution in [0.15, 0.2) is 67.0 Å². The van der Waals surface area contributed by atoms with Crippen LogP contribution in [0.25, 0.3) is 16.2 Å². The number of thiazole rings is 1. The molecule has 0 fully saturated rings. The van der Waals surface area contributed by atoms with Gasteiger partial charge < -0.3 is 10.1 Å². The van der Waals surface area contributed by atoms with Crippen LogP contribution >= 0.6 is 11.3 Å². The van der Waals surface area contributed by atoms with Crippen molar-refractivity contribution in [2.24, 2.45) is 0 Å². The van der Waals surface area contributed by atoms with Crippen molar-refractivity contribution in [1.29, 1.82) is 0 Å². The second-order valence-electron chi connectivity index (χ2n) is 7.05. The Kier molecular flexibility index (Phi) is 5.08. The molecular formula is C23H18N6O2S. The quantitative estimate of drug-likeness (QED) is 0.416. The van der Waals surface area contributed by atoms with Crippen LogP contribution in [0.1, 0.15) is 21.2 Å². The zero-order valence-corrected chi connectivity index (χ0v) is 18.1. The Balaban J connectivity index is 1.31. The van der Waals surface area contributed by atoms with Crippen molar-refractivity contribution in [3.8, 4) is 22.2 Å². The number of anilines is 1. The maximum Gasteiger partial charge on any atom is 0.267 e. The highest BCUT2D eigenvalue weighted by molar-refractivity contribution is 7.17. The SMILES string of the molecule is Cc1nc(-c2ccccc2)sc1C(=O)Nc1ccc(Oc2nccn3c(C)nnc23)cc1. The fourth-order valence-corrected chi connectivity index (χ4v) is 4.18. The highest BCUT2D eigenvalue weighted by Gasteiger charge is 2.17. The first-order chi connectivity index (χ1) is 15.6. The molecule has 1 amide bonds. The van der Waals surface area contributed by atoms with Gasteiger partial charge in [-0.2, -0.15) is 0 Å². The molecule has 5 rings (SSSR count). The highest BCUT2D eigenvalue weighted by Crippen LogP contribution is 2.29. The predicted octanol–water partition coefficient (Wildman–Crippen LogP) is 4.91. The average molecular weight is 443 g/mol. The molecule has 0 bridgehead atoms. The van der Waals surface area contributed by atoms with Gasteiger partial charge in [0.15, 0.2) is 0 Å². The molecule has 0 saturated heterocycles. The third-order valence-electron chi connectivity index (χ3n) is 4.82. The van der Waals surface area contributed by atoms with Gasteiger partial charge in [0.1, 0.15) is 21.5 Å². The second-order valence-corrected chi connectivity index (χ2v) is 8.05. The van der Waals surface area contributed by atoms with Crippen LogP contribution in [-0.4, -0.2) is 30.5 Å². The number of carbonyl (C=O) groups excluding carboxylic acids is 1. The molecule has 2 aromatic carbocycles. The van der Waals surface area contributed by atoms with Gasteiger partial charge in [-0.3, -0.25) is 9.20 Å². The zero-order valence-electron chi connectivity index (χ0n) is 17.3. The van der Waals surface area contributed by atoms with Crippen molar-refractivity contribution in [1.82, 2.24) is 24.6 Å². The van der Waals surface area contributed by atoms with Gasteiger partial charge in [0.25, 0.3) is 11.8 Å². The van der Waals surface area contributed by atoms with Gasteiger partial charge in [0.05, 0.1) is 5.69 Å². The van der Waals surface area contributed by atoms with Crippen LogP contribution in [0.4, 0.5) is 5.69 Å². The normalized spacial score (nSPS) is 10.9. The van der Waals surface area contributed by atoms with Gasteiger partial charge in [-0.1, -0.05) is 30.3 Å². The van der Waals surface area contributed by atoms with E-state index in [1.165, 1.54) is 11.3 Å². The molecule has 0 radical (unpaired) electrons. The van der Waals surface area contributed by atoms with Crippen LogP contribution in [0.2, 0.25) is 0 Å². The minimum Gasteiger partial charge on any atom is -0.436 e. The monoisotopic (exact) mass is 442 g/mol. The van der Waals surface area contributed by atoms with Crippen molar-refractivity contribution < 1.29 is 9.53 Å². The molecule has 0 spiro atoms. The van der Waals surface area contributed by atoms with E-state index in [0.717, 1.165) is 16.4 Å². The summed E-state index contributed by atoms with van der Waals surface area (Å²) in [7, 11) is 0. The molecule has 0 aliphatic heterocycles. The van der Waals surface area contributed by atoms with Gasteiger partial charge in [0, 0.05) is 23.6 Å². The number of ether oxygens (including phenoxy) is 1. The summed E-state index contributed by atoms with van der Waals surface area (Å²) in [5, 5.41) is 11.9. The maximum absolute atomic E-state index is 12.8. The minimum absolute atomic E-state index is 0.193. The number of fused-ring (bicyclic) bond motifs is 1. The third kappa shape index (κ3) is 3.81. The molecule has 1 N–H and O–H groups in total. The fourth-order valence-electron chi connectivity index (χ4n) is 3.21. The Bertz CT molecular complexity index is 1410. The van der Waals surface area contributed by atoms with Crippen molar-refractivity contribution in [3.63, 3.8) is 0 Å². The van der Waals surface area contributed by atoms with Crippen LogP contribution in [0.3, 0.4) is 0 Å². The predicted molar refractivity (Wildman–Crippen MR) is 122 cm³/mol. The van der Waals surface area contributed by atoms with Crippen LogP contribution in [-0.2, 0) is 0 Å². The standard InChI is InChI=1S/C23H18N6O2S/c1-14-19(32-23(25-14)16-6-4-3-5-7-16)21(30)26-17-8-10-18(11-9-17)31-22-20-28-27-15(2)29(20)13-12-24-22/h3-13H,1-2H3,(H,26,30). The Hall–Kier alpha value is -4.11. The topological polar surface area (TPSA) is 94.3 Å². The summed E-state index contributed by atoms with van der Waals surface area (Å²) in [4.78, 5) is 22.2. The molecule has 5 aromatic rings. The minimum atomic E-state index is -0.193. The van der Waals surface area contributed by atoms with E-state index in [1.807, 2.05) is 44.2 Å². The molecule has 8 nitrogen and oxygen atoms in total. The van der Waals surface area contributed by atoms with Gasteiger partial charge in [0.2, 0.25) is 5.65 Å². The van der Waals surface area contributed by atoms with Gasteiger partial charge >= 0.3 is 0 Å². The number of hydrogen-bond donors (Lipinski definition) is 1. The number of nitrogens with zero attached hydrogens (tertiary/aromatic N) is 5. The molecule has 9 heteroatoms. The van der Waals surface area contributed by atoms with E-state index in [0.29, 0.717) is 33.5 Å². The third-order valence-corrected chi connectivity index (χ3v) is 6.02. The maximum atomic E-state index is 12.8. The molecule has 0 saturated carbocycles. The Morgan fingerprint density at radius 2 is 1.81 bits per heavy atom. The fraction of sp³-hybridized carbons (Fsp3) is 0.0870. The van der Waals surface area contributed by atoms with E-state index in [-0.39, 0.29) is 5.91 Å². The number of nitrogens with one attached hydrogen (secondary N) is 1. The average Bonchev–Trinajstić information content (AvgIpc) is 3.39. The Labute approximate surface area is 187 Å². The molecule has 0 aliphatic rings. The summed E-state index contributed by atoms with van der Waals surface area (Å²) in [6.45, 7) is 3.70. The summed E-state index contributed by atoms with van der Waals surface area (Å²) in [5.41, 5.74) is 2.89. The van der Waals surface area contributed by atoms with Crippen LogP contribution in [0.5, 0.6) is 11.6 Å². The van der Waals surface area contributed by atoms with Crippen LogP contribution < -0.4 is 10.1 Å². The molecule has 0 aliphatic carbocycles. The largest absolute Gasteiger partial charge is 0.436 e. The van der Waals surface area contributed by atoms with Crippen molar-refractivity contribution >= 4 is 28.6 Å². The first-order valence-corrected chi connectivity index (χ1v) is 10.7. The number of aryl methyl sites for hydroxylation is 2. The summed E-state index contributed by atoms with van der Waals surface area (Å²) >= 11 is 1.38. The van der Waals surface area contributed by atoms with Gasteiger partial charge in [-0.25, -0.2) is 9.97 Å². The van der Waals surface area contributed by atoms with E-state index in [4.69, 9.17) is 4.74 Å². The number of rotatable bonds is 5. The molecular weight excluding hydrogens is 424 g/mol. The van der Waals surface area contributed by atoms with E-state index >= 15 is 0 Å². The summed E-state index contributed by atoms with van der Waals surface area (Å²) in [6, 6.07) is 16.9. The van der Waals surface area contributed by atoms with E-state index in [2.05, 4.69) is 25.5 Å². The van der Waals surface area contributed by atoms with E-state index in [1.54, 1.807) is 41.1 Å². The van der Waals surface area contributed by atoms with Gasteiger partial charge in [-0.05, 0) is 38.1 Å². The summed E-state index contributed by atoms with van der Waals surface area (Å²) < 4.78 is 7.67. The number of benzene rings is 2. The Morgan fingerprint density at radius 3 is 2.59 bits per heavy atom. The number of carbonyl (C=O) groups is 1. The number of aromatic nitrogens is 5. The smallest absolute Gasteiger partial charge is 0.267 e. The van der Waals surface area contributed by atoms with Crippen molar-refractivity contribution in [2.45, 2.75) is 13.8 Å². The zero-order chi connectivity index (χ0) is 22.1. The molecule has 0 atom stereocenters. The number of hydrogen-bond acceptors (Lipinski definition) is 7. The Morgan fingerprint density at radius 1 is 1.03 bits per heavy atom. The van der Waals surface area contributed by atoms with Crippen molar-refractivity contribution in [2.75, 3.05) is 5.32 Å². The van der Waals surface area contributed by atoms with E-state index < -0.39 is 0 Å². The lowest BCUT2D eigenvalue weighted by atomic mass is 10.2. The molecule has 158 valence electrons. The molecule has 3 heterocycles. The highest BCUT2D eigenvalue weighted by atomic mass is 32.1. The van der Waals surface area contributed by atoms with Crippen molar-refractivity contribution in [3.05, 3.63) is 83.4 Å². The lowest BCUT2D eigenvalue weighted by molar-refractivity contribution is 0.103. The van der Waals surface area contributed by atoms with Crippen LogP contribution in [0, 0.1) is 13.8 Å². The van der Waals surface area contributed by atoms with Gasteiger partial charge in [-0.15, -0.1) is 21.5 Å². The first-order valence-electron chi connectivity index (χ1n) is 9.87. The summed E-state index contributed by atoms with van der Waals surface area (Å²) in [6.07, 6.45) is 3.41. The molecule has 0 unspecified atom stereocenters. The molecule has 32 heavy (non-hydrogen) atoms.